The van der Waals surface area contributed by atoms with Crippen LogP contribution in [-0.4, -0.2) is 4.57 Å². The first-order chi connectivity index (χ1) is 9.45. The van der Waals surface area contributed by atoms with Crippen LogP contribution in [0, 0.1) is 25.6 Å². The topological polar surface area (TPSA) is 8.81 Å². The lowest BCUT2D eigenvalue weighted by molar-refractivity contribution is -0.696. The molecular formula is C17H24FN2+. The van der Waals surface area contributed by atoms with Gasteiger partial charge >= 0.3 is 0 Å². The summed E-state index contributed by atoms with van der Waals surface area (Å²) in [7, 11) is 0. The lowest BCUT2D eigenvalue weighted by atomic mass is 10.1. The molecule has 0 unspecified atom stereocenters. The highest BCUT2D eigenvalue weighted by molar-refractivity contribution is 5.53. The molecule has 2 rings (SSSR count). The van der Waals surface area contributed by atoms with Crippen molar-refractivity contribution in [2.24, 2.45) is 5.92 Å². The fraction of sp³-hybridized carbons (Fsp3) is 0.471. The zero-order valence-corrected chi connectivity index (χ0v) is 13.1. The summed E-state index contributed by atoms with van der Waals surface area (Å²) < 4.78 is 17.8. The van der Waals surface area contributed by atoms with Gasteiger partial charge in [0.2, 0.25) is 0 Å². The molecule has 0 aliphatic rings. The largest absolute Gasteiger partial charge is 0.289 e. The minimum Gasteiger partial charge on any atom is -0.227 e. The molecule has 0 bridgehead atoms. The second kappa shape index (κ2) is 5.78. The average Bonchev–Trinajstić information content (AvgIpc) is 2.63. The van der Waals surface area contributed by atoms with Crippen molar-refractivity contribution in [2.45, 2.75) is 47.7 Å². The Balaban J connectivity index is 2.65. The van der Waals surface area contributed by atoms with Crippen LogP contribution >= 0.6 is 0 Å². The van der Waals surface area contributed by atoms with Crippen LogP contribution in [0.25, 0.3) is 11.4 Å². The Kier molecular flexibility index (Phi) is 4.26. The van der Waals surface area contributed by atoms with E-state index in [-0.39, 0.29) is 5.82 Å². The Morgan fingerprint density at radius 2 is 1.75 bits per heavy atom. The molecule has 0 atom stereocenters. The van der Waals surface area contributed by atoms with E-state index in [9.17, 15) is 4.39 Å². The zero-order valence-electron chi connectivity index (χ0n) is 13.1. The molecule has 0 radical (unpaired) electrons. The number of benzene rings is 1. The maximum absolute atomic E-state index is 13.2. The van der Waals surface area contributed by atoms with Crippen LogP contribution in [0.1, 0.15) is 32.2 Å². The lowest BCUT2D eigenvalue weighted by Crippen LogP contribution is -2.40. The van der Waals surface area contributed by atoms with Gasteiger partial charge in [0.05, 0.1) is 18.7 Å². The minimum atomic E-state index is -0.188. The average molecular weight is 275 g/mol. The fourth-order valence-electron chi connectivity index (χ4n) is 2.74. The summed E-state index contributed by atoms with van der Waals surface area (Å²) in [5.41, 5.74) is 3.65. The molecule has 1 aromatic carbocycles. The van der Waals surface area contributed by atoms with Crippen LogP contribution in [0.3, 0.4) is 0 Å². The van der Waals surface area contributed by atoms with Crippen molar-refractivity contribution >= 4 is 0 Å². The molecule has 0 N–H and O–H groups in total. The maximum Gasteiger partial charge on any atom is 0.289 e. The van der Waals surface area contributed by atoms with Gasteiger partial charge in [0.15, 0.2) is 0 Å². The third-order valence-electron chi connectivity index (χ3n) is 3.81. The fourth-order valence-corrected chi connectivity index (χ4v) is 2.74. The van der Waals surface area contributed by atoms with Gasteiger partial charge in [0, 0.05) is 13.8 Å². The molecule has 108 valence electrons. The molecule has 0 aliphatic heterocycles. The minimum absolute atomic E-state index is 0.188. The van der Waals surface area contributed by atoms with E-state index in [0.717, 1.165) is 18.7 Å². The van der Waals surface area contributed by atoms with Crippen molar-refractivity contribution in [3.8, 4) is 11.4 Å². The zero-order chi connectivity index (χ0) is 14.9. The summed E-state index contributed by atoms with van der Waals surface area (Å²) in [5, 5.41) is 0. The first-order valence-electron chi connectivity index (χ1n) is 7.31. The summed E-state index contributed by atoms with van der Waals surface area (Å²) in [4.78, 5) is 0. The Morgan fingerprint density at radius 3 is 2.25 bits per heavy atom. The van der Waals surface area contributed by atoms with E-state index in [2.05, 4.69) is 43.8 Å². The van der Waals surface area contributed by atoms with Gasteiger partial charge in [-0.3, -0.25) is 0 Å². The Bertz CT molecular complexity index is 594. The van der Waals surface area contributed by atoms with Crippen LogP contribution in [0.15, 0.2) is 24.3 Å². The Hall–Kier alpha value is -1.64. The van der Waals surface area contributed by atoms with Gasteiger partial charge in [-0.15, -0.1) is 0 Å². The number of hydrogen-bond acceptors (Lipinski definition) is 0. The third kappa shape index (κ3) is 2.62. The SMILES string of the molecule is CCn1c(C)c(C)[n+](CC(C)C)c1-c1ccc(F)cc1. The molecule has 1 heterocycles. The molecule has 1 aromatic heterocycles. The van der Waals surface area contributed by atoms with E-state index in [0.29, 0.717) is 5.92 Å². The number of imidazole rings is 1. The molecule has 0 aliphatic carbocycles. The van der Waals surface area contributed by atoms with Gasteiger partial charge in [-0.25, -0.2) is 13.5 Å². The van der Waals surface area contributed by atoms with E-state index in [1.54, 1.807) is 0 Å². The molecule has 20 heavy (non-hydrogen) atoms. The Labute approximate surface area is 120 Å². The lowest BCUT2D eigenvalue weighted by Gasteiger charge is -2.07. The molecule has 2 nitrogen and oxygen atoms in total. The van der Waals surface area contributed by atoms with Crippen LogP contribution in [0.4, 0.5) is 4.39 Å². The van der Waals surface area contributed by atoms with Crippen molar-refractivity contribution in [3.05, 3.63) is 41.5 Å². The van der Waals surface area contributed by atoms with E-state index in [1.165, 1.54) is 29.3 Å². The second-order valence-corrected chi connectivity index (χ2v) is 5.75. The summed E-state index contributed by atoms with van der Waals surface area (Å²) in [6.07, 6.45) is 0. The van der Waals surface area contributed by atoms with E-state index in [1.807, 2.05) is 12.1 Å². The van der Waals surface area contributed by atoms with Gasteiger partial charge in [-0.05, 0) is 37.1 Å². The molecule has 0 saturated heterocycles. The number of aromatic nitrogens is 2. The highest BCUT2D eigenvalue weighted by Crippen LogP contribution is 2.21. The predicted molar refractivity (Wildman–Crippen MR) is 80.0 cm³/mol. The summed E-state index contributed by atoms with van der Waals surface area (Å²) >= 11 is 0. The van der Waals surface area contributed by atoms with E-state index >= 15 is 0 Å². The van der Waals surface area contributed by atoms with Crippen molar-refractivity contribution in [1.82, 2.24) is 4.57 Å². The Morgan fingerprint density at radius 1 is 1.15 bits per heavy atom. The molecular weight excluding hydrogens is 251 g/mol. The standard InChI is InChI=1S/C17H24FN2/c1-6-19-13(4)14(5)20(11-12(2)3)17(19)15-7-9-16(18)10-8-15/h7-10,12H,6,11H2,1-5H3/q+1. The highest BCUT2D eigenvalue weighted by Gasteiger charge is 2.26. The second-order valence-electron chi connectivity index (χ2n) is 5.75. The third-order valence-corrected chi connectivity index (χ3v) is 3.81. The summed E-state index contributed by atoms with van der Waals surface area (Å²) in [5.74, 6) is 1.56. The summed E-state index contributed by atoms with van der Waals surface area (Å²) in [6, 6.07) is 6.80. The highest BCUT2D eigenvalue weighted by atomic mass is 19.1. The predicted octanol–water partition coefficient (Wildman–Crippen LogP) is 3.87. The number of halogens is 1. The molecule has 0 spiro atoms. The van der Waals surface area contributed by atoms with Crippen LogP contribution in [-0.2, 0) is 13.1 Å². The first-order valence-corrected chi connectivity index (χ1v) is 7.31. The number of nitrogens with zero attached hydrogens (tertiary/aromatic N) is 2. The first kappa shape index (κ1) is 14.8. The van der Waals surface area contributed by atoms with E-state index in [4.69, 9.17) is 0 Å². The maximum atomic E-state index is 13.2. The van der Waals surface area contributed by atoms with Crippen molar-refractivity contribution in [3.63, 3.8) is 0 Å². The van der Waals surface area contributed by atoms with Gasteiger partial charge in [0.25, 0.3) is 5.82 Å². The smallest absolute Gasteiger partial charge is 0.227 e. The quantitative estimate of drug-likeness (QED) is 0.749. The van der Waals surface area contributed by atoms with Crippen molar-refractivity contribution < 1.29 is 8.96 Å². The van der Waals surface area contributed by atoms with Crippen LogP contribution < -0.4 is 4.57 Å². The molecule has 0 saturated carbocycles. The number of rotatable bonds is 4. The van der Waals surface area contributed by atoms with E-state index < -0.39 is 0 Å². The van der Waals surface area contributed by atoms with Crippen LogP contribution in [0.5, 0.6) is 0 Å². The molecule has 0 amide bonds. The molecule has 3 heteroatoms. The van der Waals surface area contributed by atoms with Crippen molar-refractivity contribution in [2.75, 3.05) is 0 Å². The van der Waals surface area contributed by atoms with Gasteiger partial charge < -0.3 is 0 Å². The van der Waals surface area contributed by atoms with Crippen LogP contribution in [0.2, 0.25) is 0 Å². The number of hydrogen-bond donors (Lipinski definition) is 0. The van der Waals surface area contributed by atoms with Crippen molar-refractivity contribution in [1.29, 1.82) is 0 Å². The monoisotopic (exact) mass is 275 g/mol. The molecule has 0 fully saturated rings. The summed E-state index contributed by atoms with van der Waals surface area (Å²) in [6.45, 7) is 12.8. The van der Waals surface area contributed by atoms with Gasteiger partial charge in [-0.2, -0.15) is 0 Å². The van der Waals surface area contributed by atoms with Gasteiger partial charge in [-0.1, -0.05) is 13.8 Å². The molecule has 2 aromatic rings. The van der Waals surface area contributed by atoms with Gasteiger partial charge in [0.1, 0.15) is 17.2 Å². The normalized spacial score (nSPS) is 11.3.